The monoisotopic (exact) mass is 349 g/mol. The predicted molar refractivity (Wildman–Crippen MR) is 97.6 cm³/mol. The summed E-state index contributed by atoms with van der Waals surface area (Å²) in [5, 5.41) is 3.64. The zero-order valence-electron chi connectivity index (χ0n) is 14.4. The van der Waals surface area contributed by atoms with Gasteiger partial charge in [-0.1, -0.05) is 19.3 Å². The summed E-state index contributed by atoms with van der Waals surface area (Å²) < 4.78 is 0. The molecule has 1 saturated heterocycles. The van der Waals surface area contributed by atoms with E-state index >= 15 is 0 Å². The van der Waals surface area contributed by atoms with Crippen molar-refractivity contribution < 1.29 is 9.59 Å². The number of fused-ring (bicyclic) bond motifs is 1. The van der Waals surface area contributed by atoms with Crippen LogP contribution in [-0.4, -0.2) is 35.8 Å². The third-order valence-electron chi connectivity index (χ3n) is 5.22. The van der Waals surface area contributed by atoms with Crippen LogP contribution >= 0.6 is 11.3 Å². The molecule has 0 unspecified atom stereocenters. The average Bonchev–Trinajstić information content (AvgIpc) is 3.06. The SMILES string of the molecule is C[C@@H](C(=O)Nc1sc2c(c1C(N)=O)CCC2)N1CCCCCCC1. The van der Waals surface area contributed by atoms with Crippen molar-refractivity contribution in [2.45, 2.75) is 64.3 Å². The number of anilines is 1. The Bertz CT molecular complexity index is 618. The Morgan fingerprint density at radius 1 is 1.08 bits per heavy atom. The molecule has 1 aliphatic heterocycles. The molecule has 24 heavy (non-hydrogen) atoms. The zero-order chi connectivity index (χ0) is 17.1. The summed E-state index contributed by atoms with van der Waals surface area (Å²) in [5.41, 5.74) is 7.17. The van der Waals surface area contributed by atoms with Gasteiger partial charge in [-0.15, -0.1) is 11.3 Å². The van der Waals surface area contributed by atoms with Crippen molar-refractivity contribution in [3.8, 4) is 0 Å². The Kier molecular flexibility index (Phi) is 5.56. The maximum Gasteiger partial charge on any atom is 0.251 e. The number of hydrogen-bond acceptors (Lipinski definition) is 4. The van der Waals surface area contributed by atoms with Crippen LogP contribution in [0.4, 0.5) is 5.00 Å². The lowest BCUT2D eigenvalue weighted by Crippen LogP contribution is -2.43. The van der Waals surface area contributed by atoms with Gasteiger partial charge in [-0.25, -0.2) is 0 Å². The van der Waals surface area contributed by atoms with Crippen molar-refractivity contribution in [3.63, 3.8) is 0 Å². The molecule has 132 valence electrons. The average molecular weight is 350 g/mol. The van der Waals surface area contributed by atoms with Crippen LogP contribution < -0.4 is 11.1 Å². The van der Waals surface area contributed by atoms with Gasteiger partial charge in [0.25, 0.3) is 5.91 Å². The van der Waals surface area contributed by atoms with Gasteiger partial charge in [0.05, 0.1) is 11.6 Å². The number of primary amides is 1. The highest BCUT2D eigenvalue weighted by atomic mass is 32.1. The zero-order valence-corrected chi connectivity index (χ0v) is 15.2. The minimum Gasteiger partial charge on any atom is -0.365 e. The Morgan fingerprint density at radius 2 is 1.75 bits per heavy atom. The normalized spacial score (nSPS) is 20.0. The third-order valence-corrected chi connectivity index (χ3v) is 6.43. The van der Waals surface area contributed by atoms with Gasteiger partial charge in [-0.05, 0) is 57.7 Å². The molecular formula is C18H27N3O2S. The summed E-state index contributed by atoms with van der Waals surface area (Å²) in [6.07, 6.45) is 9.04. The van der Waals surface area contributed by atoms with Crippen LogP contribution in [0.25, 0.3) is 0 Å². The number of thiophene rings is 1. The standard InChI is InChI=1S/C18H27N3O2S/c1-12(21-10-5-3-2-4-6-11-21)17(23)20-18-15(16(19)22)13-8-7-9-14(13)24-18/h12H,2-11H2,1H3,(H2,19,22)(H,20,23)/t12-/m0/s1. The van der Waals surface area contributed by atoms with Gasteiger partial charge >= 0.3 is 0 Å². The van der Waals surface area contributed by atoms with Crippen molar-refractivity contribution in [2.24, 2.45) is 5.73 Å². The lowest BCUT2D eigenvalue weighted by molar-refractivity contribution is -0.120. The van der Waals surface area contributed by atoms with Gasteiger partial charge in [-0.2, -0.15) is 0 Å². The topological polar surface area (TPSA) is 75.4 Å². The first-order valence-corrected chi connectivity index (χ1v) is 9.89. The van der Waals surface area contributed by atoms with E-state index in [2.05, 4.69) is 10.2 Å². The van der Waals surface area contributed by atoms with Gasteiger partial charge in [0.2, 0.25) is 5.91 Å². The van der Waals surface area contributed by atoms with Crippen molar-refractivity contribution in [3.05, 3.63) is 16.0 Å². The minimum atomic E-state index is -0.427. The third kappa shape index (κ3) is 3.64. The molecule has 1 fully saturated rings. The molecule has 0 bridgehead atoms. The maximum atomic E-state index is 12.7. The van der Waals surface area contributed by atoms with E-state index in [4.69, 9.17) is 5.73 Å². The number of aryl methyl sites for hydroxylation is 1. The van der Waals surface area contributed by atoms with Crippen molar-refractivity contribution in [2.75, 3.05) is 18.4 Å². The van der Waals surface area contributed by atoms with Crippen molar-refractivity contribution in [1.29, 1.82) is 0 Å². The van der Waals surface area contributed by atoms with Crippen molar-refractivity contribution in [1.82, 2.24) is 4.90 Å². The molecule has 0 saturated carbocycles. The second-order valence-corrected chi connectivity index (χ2v) is 8.00. The Morgan fingerprint density at radius 3 is 2.42 bits per heavy atom. The fourth-order valence-corrected chi connectivity index (χ4v) is 5.09. The molecule has 1 aromatic heterocycles. The maximum absolute atomic E-state index is 12.7. The Hall–Kier alpha value is -1.40. The fourth-order valence-electron chi connectivity index (χ4n) is 3.79. The molecule has 2 amide bonds. The van der Waals surface area contributed by atoms with E-state index in [1.165, 1.54) is 35.5 Å². The quantitative estimate of drug-likeness (QED) is 0.877. The van der Waals surface area contributed by atoms with E-state index in [9.17, 15) is 9.59 Å². The van der Waals surface area contributed by atoms with E-state index in [0.717, 1.165) is 50.8 Å². The number of nitrogens with one attached hydrogen (secondary N) is 1. The number of carbonyl (C=O) groups excluding carboxylic acids is 2. The molecule has 1 aliphatic carbocycles. The van der Waals surface area contributed by atoms with Crippen LogP contribution in [0.2, 0.25) is 0 Å². The highest BCUT2D eigenvalue weighted by Gasteiger charge is 2.28. The van der Waals surface area contributed by atoms with Gasteiger partial charge in [0.1, 0.15) is 5.00 Å². The lowest BCUT2D eigenvalue weighted by Gasteiger charge is -2.29. The number of likely N-dealkylation sites (tertiary alicyclic amines) is 1. The molecule has 3 rings (SSSR count). The Labute approximate surface area is 147 Å². The number of amides is 2. The molecule has 1 atom stereocenters. The molecule has 3 N–H and O–H groups in total. The van der Waals surface area contributed by atoms with Gasteiger partial charge in [0.15, 0.2) is 0 Å². The number of hydrogen-bond donors (Lipinski definition) is 2. The predicted octanol–water partition coefficient (Wildman–Crippen LogP) is 2.93. The smallest absolute Gasteiger partial charge is 0.251 e. The molecule has 5 nitrogen and oxygen atoms in total. The molecular weight excluding hydrogens is 322 g/mol. The van der Waals surface area contributed by atoms with Crippen LogP contribution in [0.3, 0.4) is 0 Å². The minimum absolute atomic E-state index is 0.0296. The van der Waals surface area contributed by atoms with Crippen LogP contribution in [-0.2, 0) is 17.6 Å². The first-order chi connectivity index (χ1) is 11.6. The van der Waals surface area contributed by atoms with E-state index < -0.39 is 5.91 Å². The molecule has 2 heterocycles. The second kappa shape index (κ2) is 7.66. The highest BCUT2D eigenvalue weighted by molar-refractivity contribution is 7.17. The number of carbonyl (C=O) groups is 2. The summed E-state index contributed by atoms with van der Waals surface area (Å²) >= 11 is 1.53. The number of rotatable bonds is 4. The van der Waals surface area contributed by atoms with Crippen LogP contribution in [0, 0.1) is 0 Å². The molecule has 0 spiro atoms. The molecule has 6 heteroatoms. The van der Waals surface area contributed by atoms with E-state index in [1.54, 1.807) is 0 Å². The first kappa shape index (κ1) is 17.4. The van der Waals surface area contributed by atoms with Gasteiger partial charge < -0.3 is 11.1 Å². The summed E-state index contributed by atoms with van der Waals surface area (Å²) in [6, 6.07) is -0.180. The van der Waals surface area contributed by atoms with Crippen LogP contribution in [0.1, 0.15) is 66.2 Å². The summed E-state index contributed by atoms with van der Waals surface area (Å²) in [6.45, 7) is 3.90. The fraction of sp³-hybridized carbons (Fsp3) is 0.667. The summed E-state index contributed by atoms with van der Waals surface area (Å²) in [4.78, 5) is 28.0. The van der Waals surface area contributed by atoms with Crippen LogP contribution in [0.15, 0.2) is 0 Å². The van der Waals surface area contributed by atoms with E-state index in [0.29, 0.717) is 10.6 Å². The molecule has 2 aliphatic rings. The second-order valence-electron chi connectivity index (χ2n) is 6.89. The molecule has 0 radical (unpaired) electrons. The van der Waals surface area contributed by atoms with Gasteiger partial charge in [0, 0.05) is 4.88 Å². The first-order valence-electron chi connectivity index (χ1n) is 9.07. The highest BCUT2D eigenvalue weighted by Crippen LogP contribution is 2.38. The summed E-state index contributed by atoms with van der Waals surface area (Å²) in [5.74, 6) is -0.457. The largest absolute Gasteiger partial charge is 0.365 e. The van der Waals surface area contributed by atoms with Crippen LogP contribution in [0.5, 0.6) is 0 Å². The molecule has 0 aromatic carbocycles. The van der Waals surface area contributed by atoms with Crippen molar-refractivity contribution >= 4 is 28.2 Å². The van der Waals surface area contributed by atoms with E-state index in [-0.39, 0.29) is 11.9 Å². The number of nitrogens with two attached hydrogens (primary N) is 1. The van der Waals surface area contributed by atoms with E-state index in [1.807, 2.05) is 6.92 Å². The number of nitrogens with zero attached hydrogens (tertiary/aromatic N) is 1. The molecule has 1 aromatic rings. The lowest BCUT2D eigenvalue weighted by atomic mass is 10.1. The van der Waals surface area contributed by atoms with Gasteiger partial charge in [-0.3, -0.25) is 14.5 Å². The Balaban J connectivity index is 1.71. The summed E-state index contributed by atoms with van der Waals surface area (Å²) in [7, 11) is 0.